The molecule has 0 radical (unpaired) electrons. The molecule has 1 aliphatic heterocycles. The Balaban J connectivity index is 2.02. The van der Waals surface area contributed by atoms with Crippen molar-refractivity contribution in [3.05, 3.63) is 30.1 Å². The number of nitrogens with two attached hydrogens (primary N) is 1. The second kappa shape index (κ2) is 4.42. The molecule has 5 nitrogen and oxygen atoms in total. The molecule has 1 unspecified atom stereocenters. The number of nitrogens with zero attached hydrogens (tertiary/aromatic N) is 3. The van der Waals surface area contributed by atoms with Crippen LogP contribution in [-0.4, -0.2) is 26.4 Å². The molecule has 3 N–H and O–H groups in total. The predicted molar refractivity (Wildman–Crippen MR) is 68.2 cm³/mol. The molecule has 1 aromatic carbocycles. The number of phenols is 1. The average Bonchev–Trinajstić information content (AvgIpc) is 2.82. The van der Waals surface area contributed by atoms with E-state index in [1.165, 1.54) is 0 Å². The van der Waals surface area contributed by atoms with Crippen LogP contribution in [0.2, 0.25) is 0 Å². The summed E-state index contributed by atoms with van der Waals surface area (Å²) in [4.78, 5) is 4.55. The first kappa shape index (κ1) is 11.2. The monoisotopic (exact) mass is 244 g/mol. The number of fused-ring (bicyclic) bond motifs is 1. The number of hydrogen-bond donors (Lipinski definition) is 2. The van der Waals surface area contributed by atoms with E-state index in [1.54, 1.807) is 18.2 Å². The molecule has 0 saturated carbocycles. The van der Waals surface area contributed by atoms with E-state index in [9.17, 15) is 5.11 Å². The second-order valence-electron chi connectivity index (χ2n) is 4.63. The standard InChI is InChI=1S/C13H16N4O/c14-8-10-4-2-6-12-15-13(16-17(10)12)9-3-1-5-11(18)7-9/h1,3,5,7,10,18H,2,4,6,8,14H2. The highest BCUT2D eigenvalue weighted by Crippen LogP contribution is 2.26. The van der Waals surface area contributed by atoms with Crippen LogP contribution in [0.5, 0.6) is 5.75 Å². The Morgan fingerprint density at radius 3 is 3.11 bits per heavy atom. The lowest BCUT2D eigenvalue weighted by atomic mass is 10.1. The Kier molecular flexibility index (Phi) is 2.76. The molecular weight excluding hydrogens is 228 g/mol. The number of hydrogen-bond acceptors (Lipinski definition) is 4. The molecule has 0 saturated heterocycles. The maximum atomic E-state index is 9.49. The predicted octanol–water partition coefficient (Wildman–Crippen LogP) is 1.49. The fourth-order valence-corrected chi connectivity index (χ4v) is 2.42. The number of aromatic nitrogens is 3. The summed E-state index contributed by atoms with van der Waals surface area (Å²) >= 11 is 0. The van der Waals surface area contributed by atoms with E-state index in [0.29, 0.717) is 12.4 Å². The minimum atomic E-state index is 0.232. The largest absolute Gasteiger partial charge is 0.508 e. The minimum Gasteiger partial charge on any atom is -0.508 e. The Labute approximate surface area is 105 Å². The van der Waals surface area contributed by atoms with E-state index in [0.717, 1.165) is 30.7 Å². The molecule has 5 heteroatoms. The summed E-state index contributed by atoms with van der Waals surface area (Å²) in [6, 6.07) is 7.28. The van der Waals surface area contributed by atoms with E-state index in [4.69, 9.17) is 5.73 Å². The van der Waals surface area contributed by atoms with Gasteiger partial charge in [-0.15, -0.1) is 0 Å². The first-order valence-corrected chi connectivity index (χ1v) is 6.23. The van der Waals surface area contributed by atoms with Crippen LogP contribution in [0.25, 0.3) is 11.4 Å². The van der Waals surface area contributed by atoms with Gasteiger partial charge in [0.15, 0.2) is 5.82 Å². The second-order valence-corrected chi connectivity index (χ2v) is 4.63. The number of aromatic hydroxyl groups is 1. The zero-order valence-electron chi connectivity index (χ0n) is 10.1. The summed E-state index contributed by atoms with van der Waals surface area (Å²) in [5, 5.41) is 14.0. The van der Waals surface area contributed by atoms with E-state index < -0.39 is 0 Å². The number of phenolic OH excluding ortho intramolecular Hbond substituents is 1. The van der Waals surface area contributed by atoms with Gasteiger partial charge in [-0.25, -0.2) is 9.67 Å². The first-order chi connectivity index (χ1) is 8.78. The first-order valence-electron chi connectivity index (χ1n) is 6.23. The minimum absolute atomic E-state index is 0.232. The van der Waals surface area contributed by atoms with Crippen LogP contribution in [0.3, 0.4) is 0 Å². The molecule has 0 amide bonds. The smallest absolute Gasteiger partial charge is 0.181 e. The summed E-state index contributed by atoms with van der Waals surface area (Å²) < 4.78 is 1.95. The van der Waals surface area contributed by atoms with Gasteiger partial charge < -0.3 is 10.8 Å². The molecule has 18 heavy (non-hydrogen) atoms. The molecule has 0 aliphatic carbocycles. The topological polar surface area (TPSA) is 77.0 Å². The molecule has 1 aromatic heterocycles. The molecule has 1 atom stereocenters. The summed E-state index contributed by atoms with van der Waals surface area (Å²) in [6.07, 6.45) is 3.12. The summed E-state index contributed by atoms with van der Waals surface area (Å²) in [5.74, 6) is 1.90. The van der Waals surface area contributed by atoms with Crippen molar-refractivity contribution in [2.45, 2.75) is 25.3 Å². The summed E-state index contributed by atoms with van der Waals surface area (Å²) in [5.41, 5.74) is 6.60. The van der Waals surface area contributed by atoms with Gasteiger partial charge in [-0.1, -0.05) is 12.1 Å². The Bertz CT molecular complexity index is 564. The number of benzene rings is 1. The molecule has 2 heterocycles. The fourth-order valence-electron chi connectivity index (χ4n) is 2.42. The summed E-state index contributed by atoms with van der Waals surface area (Å²) in [6.45, 7) is 0.593. The van der Waals surface area contributed by atoms with E-state index in [-0.39, 0.29) is 11.8 Å². The average molecular weight is 244 g/mol. The van der Waals surface area contributed by atoms with Crippen LogP contribution in [0.1, 0.15) is 24.7 Å². The highest BCUT2D eigenvalue weighted by molar-refractivity contribution is 5.57. The van der Waals surface area contributed by atoms with Gasteiger partial charge in [0.25, 0.3) is 0 Å². The molecule has 94 valence electrons. The SMILES string of the molecule is NCC1CCCc2nc(-c3cccc(O)c3)nn21. The van der Waals surface area contributed by atoms with Crippen molar-refractivity contribution in [3.63, 3.8) is 0 Å². The highest BCUT2D eigenvalue weighted by Gasteiger charge is 2.22. The Morgan fingerprint density at radius 2 is 2.33 bits per heavy atom. The lowest BCUT2D eigenvalue weighted by molar-refractivity contribution is 0.370. The number of rotatable bonds is 2. The lowest BCUT2D eigenvalue weighted by Gasteiger charge is -2.21. The maximum Gasteiger partial charge on any atom is 0.181 e. The Morgan fingerprint density at radius 1 is 1.44 bits per heavy atom. The lowest BCUT2D eigenvalue weighted by Crippen LogP contribution is -2.25. The van der Waals surface area contributed by atoms with Crippen molar-refractivity contribution in [2.24, 2.45) is 5.73 Å². The third-order valence-electron chi connectivity index (χ3n) is 3.36. The van der Waals surface area contributed by atoms with Gasteiger partial charge in [0.2, 0.25) is 0 Å². The quantitative estimate of drug-likeness (QED) is 0.839. The van der Waals surface area contributed by atoms with Crippen LogP contribution in [0.15, 0.2) is 24.3 Å². The van der Waals surface area contributed by atoms with Crippen molar-refractivity contribution in [3.8, 4) is 17.1 Å². The van der Waals surface area contributed by atoms with Crippen LogP contribution in [0.4, 0.5) is 0 Å². The fraction of sp³-hybridized carbons (Fsp3) is 0.385. The molecule has 2 aromatic rings. The van der Waals surface area contributed by atoms with Crippen molar-refractivity contribution in [2.75, 3.05) is 6.54 Å². The van der Waals surface area contributed by atoms with Crippen LogP contribution in [-0.2, 0) is 6.42 Å². The third kappa shape index (κ3) is 1.86. The number of aryl methyl sites for hydroxylation is 1. The van der Waals surface area contributed by atoms with Gasteiger partial charge >= 0.3 is 0 Å². The van der Waals surface area contributed by atoms with Gasteiger partial charge in [0.05, 0.1) is 6.04 Å². The van der Waals surface area contributed by atoms with Gasteiger partial charge in [-0.3, -0.25) is 0 Å². The Hall–Kier alpha value is -1.88. The molecule has 0 fully saturated rings. The zero-order valence-corrected chi connectivity index (χ0v) is 10.1. The van der Waals surface area contributed by atoms with Crippen LogP contribution >= 0.6 is 0 Å². The van der Waals surface area contributed by atoms with Gasteiger partial charge in [0, 0.05) is 18.5 Å². The molecule has 0 spiro atoms. The van der Waals surface area contributed by atoms with Gasteiger partial charge in [-0.2, -0.15) is 5.10 Å². The molecular formula is C13H16N4O. The summed E-state index contributed by atoms with van der Waals surface area (Å²) in [7, 11) is 0. The van der Waals surface area contributed by atoms with E-state index in [2.05, 4.69) is 10.1 Å². The van der Waals surface area contributed by atoms with E-state index >= 15 is 0 Å². The van der Waals surface area contributed by atoms with Crippen molar-refractivity contribution >= 4 is 0 Å². The highest BCUT2D eigenvalue weighted by atomic mass is 16.3. The van der Waals surface area contributed by atoms with Crippen molar-refractivity contribution < 1.29 is 5.11 Å². The van der Waals surface area contributed by atoms with Crippen molar-refractivity contribution in [1.82, 2.24) is 14.8 Å². The van der Waals surface area contributed by atoms with Crippen LogP contribution < -0.4 is 5.73 Å². The third-order valence-corrected chi connectivity index (χ3v) is 3.36. The van der Waals surface area contributed by atoms with Gasteiger partial charge in [-0.05, 0) is 25.0 Å². The molecule has 3 rings (SSSR count). The molecule has 1 aliphatic rings. The normalized spacial score (nSPS) is 18.6. The molecule has 0 bridgehead atoms. The maximum absolute atomic E-state index is 9.49. The van der Waals surface area contributed by atoms with E-state index in [1.807, 2.05) is 10.7 Å². The van der Waals surface area contributed by atoms with Crippen LogP contribution in [0, 0.1) is 0 Å². The zero-order chi connectivity index (χ0) is 12.5. The van der Waals surface area contributed by atoms with Gasteiger partial charge in [0.1, 0.15) is 11.6 Å². The van der Waals surface area contributed by atoms with Crippen molar-refractivity contribution in [1.29, 1.82) is 0 Å².